The summed E-state index contributed by atoms with van der Waals surface area (Å²) in [4.78, 5) is 13.0. The van der Waals surface area contributed by atoms with Gasteiger partial charge in [0.05, 0.1) is 18.6 Å². The molecule has 2 aromatic rings. The number of aryl methyl sites for hydroxylation is 1. The molecule has 0 spiro atoms. The Morgan fingerprint density at radius 3 is 2.62 bits per heavy atom. The minimum absolute atomic E-state index is 0.0688. The first-order valence-corrected chi connectivity index (χ1v) is 7.50. The predicted molar refractivity (Wildman–Crippen MR) is 87.9 cm³/mol. The topological polar surface area (TPSA) is 64.3 Å². The molecule has 0 unspecified atom stereocenters. The Balaban J connectivity index is 1.95. The Morgan fingerprint density at radius 2 is 1.95 bits per heavy atom. The number of methoxy groups -OCH3 is 1. The molecule has 0 bridgehead atoms. The summed E-state index contributed by atoms with van der Waals surface area (Å²) < 4.78 is 5.24. The van der Waals surface area contributed by atoms with Gasteiger partial charge in [0, 0.05) is 10.6 Å². The number of anilines is 2. The van der Waals surface area contributed by atoms with Crippen molar-refractivity contribution < 1.29 is 9.53 Å². The van der Waals surface area contributed by atoms with Crippen LogP contribution < -0.4 is 15.8 Å². The van der Waals surface area contributed by atoms with Gasteiger partial charge in [0.1, 0.15) is 5.75 Å². The van der Waals surface area contributed by atoms with Crippen molar-refractivity contribution in [1.29, 1.82) is 0 Å². The summed E-state index contributed by atoms with van der Waals surface area (Å²) in [5.41, 5.74) is 8.11. The van der Waals surface area contributed by atoms with E-state index in [0.717, 1.165) is 10.5 Å². The Morgan fingerprint density at radius 1 is 1.24 bits per heavy atom. The molecule has 0 aliphatic rings. The van der Waals surface area contributed by atoms with Gasteiger partial charge in [-0.2, -0.15) is 0 Å². The van der Waals surface area contributed by atoms with Crippen molar-refractivity contribution in [3.05, 3.63) is 48.0 Å². The van der Waals surface area contributed by atoms with Crippen molar-refractivity contribution in [2.45, 2.75) is 11.8 Å². The van der Waals surface area contributed by atoms with Gasteiger partial charge in [-0.3, -0.25) is 4.79 Å². The molecule has 2 aromatic carbocycles. The number of amides is 1. The molecule has 0 atom stereocenters. The van der Waals surface area contributed by atoms with Gasteiger partial charge in [-0.05, 0) is 48.9 Å². The third-order valence-electron chi connectivity index (χ3n) is 2.88. The summed E-state index contributed by atoms with van der Waals surface area (Å²) >= 11 is 1.47. The molecule has 0 saturated heterocycles. The standard InChI is InChI=1S/C16H18N2O2S/c1-11-3-8-15(20-2)14(9-11)18-16(19)10-21-13-6-4-12(17)5-7-13/h3-9H,10,17H2,1-2H3,(H,18,19). The zero-order chi connectivity index (χ0) is 15.2. The van der Waals surface area contributed by atoms with Crippen LogP contribution in [0, 0.1) is 6.92 Å². The summed E-state index contributed by atoms with van der Waals surface area (Å²) in [6.45, 7) is 1.97. The van der Waals surface area contributed by atoms with E-state index in [2.05, 4.69) is 5.32 Å². The van der Waals surface area contributed by atoms with Crippen molar-refractivity contribution in [3.8, 4) is 5.75 Å². The number of nitrogens with one attached hydrogen (secondary N) is 1. The van der Waals surface area contributed by atoms with Gasteiger partial charge in [0.25, 0.3) is 0 Å². The average Bonchev–Trinajstić information content (AvgIpc) is 2.47. The quantitative estimate of drug-likeness (QED) is 0.657. The highest BCUT2D eigenvalue weighted by Gasteiger charge is 2.08. The van der Waals surface area contributed by atoms with Gasteiger partial charge >= 0.3 is 0 Å². The maximum absolute atomic E-state index is 12.0. The normalized spacial score (nSPS) is 10.2. The zero-order valence-electron chi connectivity index (χ0n) is 12.1. The lowest BCUT2D eigenvalue weighted by molar-refractivity contribution is -0.113. The number of nitrogen functional groups attached to an aromatic ring is 1. The molecule has 5 heteroatoms. The predicted octanol–water partition coefficient (Wildman–Crippen LogP) is 3.32. The molecule has 3 N–H and O–H groups in total. The lowest BCUT2D eigenvalue weighted by atomic mass is 10.2. The van der Waals surface area contributed by atoms with Crippen LogP contribution in [-0.2, 0) is 4.79 Å². The molecule has 0 aromatic heterocycles. The third kappa shape index (κ3) is 4.43. The Hall–Kier alpha value is -2.14. The number of nitrogens with two attached hydrogens (primary N) is 1. The fourth-order valence-electron chi connectivity index (χ4n) is 1.82. The highest BCUT2D eigenvalue weighted by molar-refractivity contribution is 8.00. The monoisotopic (exact) mass is 302 g/mol. The maximum atomic E-state index is 12.0. The average molecular weight is 302 g/mol. The van der Waals surface area contributed by atoms with Crippen molar-refractivity contribution in [3.63, 3.8) is 0 Å². The minimum atomic E-state index is -0.0688. The van der Waals surface area contributed by atoms with Crippen LogP contribution in [0.3, 0.4) is 0 Å². The summed E-state index contributed by atoms with van der Waals surface area (Å²) in [6, 6.07) is 13.1. The summed E-state index contributed by atoms with van der Waals surface area (Å²) in [7, 11) is 1.59. The highest BCUT2D eigenvalue weighted by atomic mass is 32.2. The van der Waals surface area contributed by atoms with E-state index in [-0.39, 0.29) is 5.91 Å². The highest BCUT2D eigenvalue weighted by Crippen LogP contribution is 2.26. The molecule has 0 aliphatic carbocycles. The smallest absolute Gasteiger partial charge is 0.234 e. The van der Waals surface area contributed by atoms with Crippen LogP contribution in [0.1, 0.15) is 5.56 Å². The van der Waals surface area contributed by atoms with Gasteiger partial charge in [-0.25, -0.2) is 0 Å². The van der Waals surface area contributed by atoms with Crippen LogP contribution in [0.25, 0.3) is 0 Å². The second-order valence-electron chi connectivity index (χ2n) is 4.61. The van der Waals surface area contributed by atoms with E-state index in [0.29, 0.717) is 22.9 Å². The second kappa shape index (κ2) is 7.04. The van der Waals surface area contributed by atoms with E-state index in [1.165, 1.54) is 11.8 Å². The SMILES string of the molecule is COc1ccc(C)cc1NC(=O)CSc1ccc(N)cc1. The van der Waals surface area contributed by atoms with Gasteiger partial charge < -0.3 is 15.8 Å². The van der Waals surface area contributed by atoms with Crippen LogP contribution in [0.5, 0.6) is 5.75 Å². The molecule has 2 rings (SSSR count). The minimum Gasteiger partial charge on any atom is -0.495 e. The Kier molecular flexibility index (Phi) is 5.11. The number of thioether (sulfide) groups is 1. The largest absolute Gasteiger partial charge is 0.495 e. The molecule has 0 fully saturated rings. The number of carbonyl (C=O) groups excluding carboxylic acids is 1. The van der Waals surface area contributed by atoms with Gasteiger partial charge in [-0.1, -0.05) is 6.07 Å². The number of ether oxygens (including phenoxy) is 1. The van der Waals surface area contributed by atoms with Crippen molar-refractivity contribution in [1.82, 2.24) is 0 Å². The molecule has 4 nitrogen and oxygen atoms in total. The number of hydrogen-bond acceptors (Lipinski definition) is 4. The van der Waals surface area contributed by atoms with E-state index >= 15 is 0 Å². The molecule has 0 radical (unpaired) electrons. The fourth-order valence-corrected chi connectivity index (χ4v) is 2.52. The van der Waals surface area contributed by atoms with E-state index < -0.39 is 0 Å². The fraction of sp³-hybridized carbons (Fsp3) is 0.188. The zero-order valence-corrected chi connectivity index (χ0v) is 12.9. The molecule has 0 aliphatic heterocycles. The third-order valence-corrected chi connectivity index (χ3v) is 3.89. The molecule has 0 saturated carbocycles. The molecule has 110 valence electrons. The van der Waals surface area contributed by atoms with Gasteiger partial charge in [0.15, 0.2) is 0 Å². The lowest BCUT2D eigenvalue weighted by Gasteiger charge is -2.11. The van der Waals surface area contributed by atoms with Crippen molar-refractivity contribution in [2.75, 3.05) is 23.9 Å². The van der Waals surface area contributed by atoms with Crippen LogP contribution in [0.2, 0.25) is 0 Å². The molecule has 21 heavy (non-hydrogen) atoms. The maximum Gasteiger partial charge on any atom is 0.234 e. The van der Waals surface area contributed by atoms with Crippen molar-refractivity contribution in [2.24, 2.45) is 0 Å². The van der Waals surface area contributed by atoms with Crippen LogP contribution in [-0.4, -0.2) is 18.8 Å². The van der Waals surface area contributed by atoms with Gasteiger partial charge in [0.2, 0.25) is 5.91 Å². The summed E-state index contributed by atoms with van der Waals surface area (Å²) in [6.07, 6.45) is 0. The number of rotatable bonds is 5. The second-order valence-corrected chi connectivity index (χ2v) is 5.66. The molecular formula is C16H18N2O2S. The molecular weight excluding hydrogens is 284 g/mol. The van der Waals surface area contributed by atoms with Crippen LogP contribution in [0.4, 0.5) is 11.4 Å². The van der Waals surface area contributed by atoms with Crippen LogP contribution >= 0.6 is 11.8 Å². The summed E-state index contributed by atoms with van der Waals surface area (Å²) in [5, 5.41) is 2.87. The van der Waals surface area contributed by atoms with Crippen LogP contribution in [0.15, 0.2) is 47.4 Å². The Labute approximate surface area is 128 Å². The number of benzene rings is 2. The van der Waals surface area contributed by atoms with E-state index in [1.54, 1.807) is 7.11 Å². The lowest BCUT2D eigenvalue weighted by Crippen LogP contribution is -2.14. The number of hydrogen-bond donors (Lipinski definition) is 2. The molecule has 1 amide bonds. The Bertz CT molecular complexity index is 627. The van der Waals surface area contributed by atoms with E-state index in [9.17, 15) is 4.79 Å². The van der Waals surface area contributed by atoms with E-state index in [1.807, 2.05) is 49.4 Å². The molecule has 0 heterocycles. The van der Waals surface area contributed by atoms with Gasteiger partial charge in [-0.15, -0.1) is 11.8 Å². The first-order valence-electron chi connectivity index (χ1n) is 6.51. The summed E-state index contributed by atoms with van der Waals surface area (Å²) in [5.74, 6) is 0.924. The first-order chi connectivity index (χ1) is 10.1. The van der Waals surface area contributed by atoms with E-state index in [4.69, 9.17) is 10.5 Å². The number of carbonyl (C=O) groups is 1. The van der Waals surface area contributed by atoms with Crippen molar-refractivity contribution >= 4 is 29.0 Å². The first kappa shape index (κ1) is 15.3.